The summed E-state index contributed by atoms with van der Waals surface area (Å²) < 4.78 is 39.5. The maximum absolute atomic E-state index is 13.2. The second-order valence-electron chi connectivity index (χ2n) is 5.46. The Kier molecular flexibility index (Phi) is 4.58. The minimum atomic E-state index is -4.30. The lowest BCUT2D eigenvalue weighted by molar-refractivity contribution is -0.138. The van der Waals surface area contributed by atoms with Gasteiger partial charge in [0.2, 0.25) is 0 Å². The predicted octanol–water partition coefficient (Wildman–Crippen LogP) is 3.66. The van der Waals surface area contributed by atoms with E-state index in [0.717, 1.165) is 19.5 Å². The zero-order valence-electron chi connectivity index (χ0n) is 11.9. The van der Waals surface area contributed by atoms with Crippen molar-refractivity contribution in [2.75, 3.05) is 24.5 Å². The van der Waals surface area contributed by atoms with Gasteiger partial charge in [0.15, 0.2) is 0 Å². The summed E-state index contributed by atoms with van der Waals surface area (Å²) in [6, 6.07) is 4.70. The quantitative estimate of drug-likeness (QED) is 0.908. The summed E-state index contributed by atoms with van der Waals surface area (Å²) >= 11 is 0. The Balaban J connectivity index is 2.28. The van der Waals surface area contributed by atoms with Gasteiger partial charge in [-0.05, 0) is 36.6 Å². The van der Waals surface area contributed by atoms with E-state index in [1.807, 2.05) is 11.8 Å². The van der Waals surface area contributed by atoms with E-state index in [2.05, 4.69) is 12.2 Å². The molecule has 5 heteroatoms. The largest absolute Gasteiger partial charge is 0.416 e. The number of hydrogen-bond donors (Lipinski definition) is 1. The molecule has 1 aliphatic rings. The van der Waals surface area contributed by atoms with Crippen LogP contribution in [-0.4, -0.2) is 19.6 Å². The number of alkyl halides is 3. The van der Waals surface area contributed by atoms with Crippen molar-refractivity contribution in [3.63, 3.8) is 0 Å². The third kappa shape index (κ3) is 3.45. The average molecular weight is 286 g/mol. The molecule has 2 rings (SSSR count). The third-order valence-electron chi connectivity index (χ3n) is 3.75. The molecule has 0 aromatic heterocycles. The Morgan fingerprint density at radius 3 is 2.65 bits per heavy atom. The number of benzene rings is 1. The first-order valence-corrected chi connectivity index (χ1v) is 7.07. The van der Waals surface area contributed by atoms with Crippen molar-refractivity contribution >= 4 is 5.69 Å². The molecule has 2 nitrogen and oxygen atoms in total. The lowest BCUT2D eigenvalue weighted by Gasteiger charge is -2.21. The van der Waals surface area contributed by atoms with Crippen LogP contribution in [0, 0.1) is 5.92 Å². The Bertz CT molecular complexity index is 457. The zero-order valence-corrected chi connectivity index (χ0v) is 11.9. The van der Waals surface area contributed by atoms with E-state index >= 15 is 0 Å². The summed E-state index contributed by atoms with van der Waals surface area (Å²) in [5, 5.41) is 2.96. The van der Waals surface area contributed by atoms with Gasteiger partial charge in [-0.25, -0.2) is 0 Å². The number of rotatable bonds is 4. The summed E-state index contributed by atoms with van der Waals surface area (Å²) in [5.41, 5.74) is 0.479. The second kappa shape index (κ2) is 6.04. The van der Waals surface area contributed by atoms with E-state index in [9.17, 15) is 13.2 Å². The van der Waals surface area contributed by atoms with Crippen molar-refractivity contribution in [2.24, 2.45) is 5.92 Å². The highest BCUT2D eigenvalue weighted by Gasteiger charge is 2.34. The first-order chi connectivity index (χ1) is 9.41. The van der Waals surface area contributed by atoms with Gasteiger partial charge in [-0.2, -0.15) is 13.2 Å². The number of hydrogen-bond acceptors (Lipinski definition) is 2. The van der Waals surface area contributed by atoms with Crippen LogP contribution >= 0.6 is 0 Å². The van der Waals surface area contributed by atoms with E-state index < -0.39 is 11.7 Å². The van der Waals surface area contributed by atoms with Crippen molar-refractivity contribution in [3.8, 4) is 0 Å². The molecule has 0 aliphatic carbocycles. The SMILES string of the molecule is CCNCc1ccc(N2CCC(C)C2)cc1C(F)(F)F. The topological polar surface area (TPSA) is 15.3 Å². The van der Waals surface area contributed by atoms with Gasteiger partial charge in [-0.15, -0.1) is 0 Å². The summed E-state index contributed by atoms with van der Waals surface area (Å²) in [4.78, 5) is 2.04. The van der Waals surface area contributed by atoms with E-state index in [1.54, 1.807) is 12.1 Å². The van der Waals surface area contributed by atoms with Gasteiger partial charge < -0.3 is 10.2 Å². The molecule has 1 aliphatic heterocycles. The summed E-state index contributed by atoms with van der Waals surface area (Å²) in [5.74, 6) is 0.547. The van der Waals surface area contributed by atoms with E-state index in [1.165, 1.54) is 6.07 Å². The van der Waals surface area contributed by atoms with E-state index in [-0.39, 0.29) is 6.54 Å². The molecule has 1 aromatic carbocycles. The summed E-state index contributed by atoms with van der Waals surface area (Å²) in [6.45, 7) is 6.59. The van der Waals surface area contributed by atoms with Gasteiger partial charge in [-0.1, -0.05) is 19.9 Å². The van der Waals surface area contributed by atoms with Gasteiger partial charge in [0.05, 0.1) is 5.56 Å². The van der Waals surface area contributed by atoms with Crippen LogP contribution in [0.5, 0.6) is 0 Å². The maximum Gasteiger partial charge on any atom is 0.416 e. The van der Waals surface area contributed by atoms with Crippen LogP contribution in [0.2, 0.25) is 0 Å². The lowest BCUT2D eigenvalue weighted by atomic mass is 10.1. The Morgan fingerprint density at radius 1 is 1.35 bits per heavy atom. The Labute approximate surface area is 118 Å². The van der Waals surface area contributed by atoms with Gasteiger partial charge in [-0.3, -0.25) is 0 Å². The van der Waals surface area contributed by atoms with Crippen LogP contribution in [0.4, 0.5) is 18.9 Å². The molecule has 1 saturated heterocycles. The number of nitrogens with one attached hydrogen (secondary N) is 1. The van der Waals surface area contributed by atoms with E-state index in [4.69, 9.17) is 0 Å². The number of anilines is 1. The van der Waals surface area contributed by atoms with Crippen LogP contribution in [0.15, 0.2) is 18.2 Å². The highest BCUT2D eigenvalue weighted by Crippen LogP contribution is 2.35. The fraction of sp³-hybridized carbons (Fsp3) is 0.600. The second-order valence-corrected chi connectivity index (χ2v) is 5.46. The third-order valence-corrected chi connectivity index (χ3v) is 3.75. The average Bonchev–Trinajstić information content (AvgIpc) is 2.82. The lowest BCUT2D eigenvalue weighted by Crippen LogP contribution is -2.21. The highest BCUT2D eigenvalue weighted by atomic mass is 19.4. The van der Waals surface area contributed by atoms with E-state index in [0.29, 0.717) is 23.7 Å². The van der Waals surface area contributed by atoms with Crippen molar-refractivity contribution in [3.05, 3.63) is 29.3 Å². The first kappa shape index (κ1) is 15.2. The molecule has 1 aromatic rings. The molecule has 0 spiro atoms. The van der Waals surface area contributed by atoms with Crippen molar-refractivity contribution in [1.82, 2.24) is 5.32 Å². The predicted molar refractivity (Wildman–Crippen MR) is 74.8 cm³/mol. The van der Waals surface area contributed by atoms with Crippen molar-refractivity contribution in [1.29, 1.82) is 0 Å². The van der Waals surface area contributed by atoms with Crippen LogP contribution < -0.4 is 10.2 Å². The molecule has 1 unspecified atom stereocenters. The molecule has 1 heterocycles. The molecular formula is C15H21F3N2. The monoisotopic (exact) mass is 286 g/mol. The normalized spacial score (nSPS) is 19.6. The molecule has 1 N–H and O–H groups in total. The molecular weight excluding hydrogens is 265 g/mol. The molecule has 0 radical (unpaired) electrons. The molecule has 1 fully saturated rings. The molecule has 0 saturated carbocycles. The molecule has 0 amide bonds. The number of halogens is 3. The minimum absolute atomic E-state index is 0.252. The van der Waals surface area contributed by atoms with Crippen LogP contribution in [0.25, 0.3) is 0 Å². The van der Waals surface area contributed by atoms with Crippen LogP contribution in [0.3, 0.4) is 0 Å². The van der Waals surface area contributed by atoms with Gasteiger partial charge in [0.1, 0.15) is 0 Å². The van der Waals surface area contributed by atoms with Gasteiger partial charge >= 0.3 is 6.18 Å². The summed E-state index contributed by atoms with van der Waals surface area (Å²) in [7, 11) is 0. The Morgan fingerprint density at radius 2 is 2.10 bits per heavy atom. The minimum Gasteiger partial charge on any atom is -0.371 e. The fourth-order valence-corrected chi connectivity index (χ4v) is 2.61. The fourth-order valence-electron chi connectivity index (χ4n) is 2.61. The molecule has 112 valence electrons. The molecule has 20 heavy (non-hydrogen) atoms. The Hall–Kier alpha value is -1.23. The van der Waals surface area contributed by atoms with Gasteiger partial charge in [0, 0.05) is 25.3 Å². The van der Waals surface area contributed by atoms with Crippen LogP contribution in [0.1, 0.15) is 31.4 Å². The standard InChI is InChI=1S/C15H21F3N2/c1-3-19-9-12-4-5-13(8-14(12)15(16,17)18)20-7-6-11(2)10-20/h4-5,8,11,19H,3,6-7,9-10H2,1-2H3. The van der Waals surface area contributed by atoms with Crippen LogP contribution in [-0.2, 0) is 12.7 Å². The van der Waals surface area contributed by atoms with Gasteiger partial charge in [0.25, 0.3) is 0 Å². The van der Waals surface area contributed by atoms with Crippen molar-refractivity contribution < 1.29 is 13.2 Å². The smallest absolute Gasteiger partial charge is 0.371 e. The number of nitrogens with zero attached hydrogens (tertiary/aromatic N) is 1. The highest BCUT2D eigenvalue weighted by molar-refractivity contribution is 5.52. The summed E-state index contributed by atoms with van der Waals surface area (Å²) in [6.07, 6.45) is -3.26. The molecule has 1 atom stereocenters. The van der Waals surface area contributed by atoms with Crippen molar-refractivity contribution in [2.45, 2.75) is 33.0 Å². The zero-order chi connectivity index (χ0) is 14.8. The first-order valence-electron chi connectivity index (χ1n) is 7.07. The molecule has 0 bridgehead atoms. The maximum atomic E-state index is 13.2.